The van der Waals surface area contributed by atoms with Crippen LogP contribution in [0.25, 0.3) is 0 Å². The molecule has 5 rings (SSSR count). The molecule has 0 radical (unpaired) electrons. The highest BCUT2D eigenvalue weighted by Crippen LogP contribution is 2.59. The van der Waals surface area contributed by atoms with E-state index in [0.717, 1.165) is 5.56 Å². The monoisotopic (exact) mass is 691 g/mol. The molecule has 11 heteroatoms. The van der Waals surface area contributed by atoms with E-state index < -0.39 is 47.7 Å². The van der Waals surface area contributed by atoms with Crippen LogP contribution in [0.15, 0.2) is 73.8 Å². The summed E-state index contributed by atoms with van der Waals surface area (Å²) >= 11 is 6.65. The van der Waals surface area contributed by atoms with Crippen LogP contribution in [0.2, 0.25) is 5.02 Å². The highest BCUT2D eigenvalue weighted by Gasteiger charge is 2.75. The van der Waals surface area contributed by atoms with Crippen LogP contribution in [0.3, 0.4) is 0 Å². The van der Waals surface area contributed by atoms with Crippen LogP contribution in [-0.2, 0) is 28.7 Å². The van der Waals surface area contributed by atoms with E-state index in [4.69, 9.17) is 21.1 Å². The number of fused-ring (bicyclic) bond motifs is 1. The second kappa shape index (κ2) is 15.7. The third kappa shape index (κ3) is 7.04. The van der Waals surface area contributed by atoms with E-state index in [2.05, 4.69) is 18.5 Å². The summed E-state index contributed by atoms with van der Waals surface area (Å²) < 4.78 is 12.9. The van der Waals surface area contributed by atoms with Crippen LogP contribution in [0.4, 0.5) is 5.69 Å². The van der Waals surface area contributed by atoms with Gasteiger partial charge >= 0.3 is 5.97 Å². The van der Waals surface area contributed by atoms with Crippen LogP contribution in [0.5, 0.6) is 0 Å². The van der Waals surface area contributed by atoms with Crippen molar-refractivity contribution in [1.29, 1.82) is 0 Å². The Hall–Kier alpha value is -3.99. The number of carbonyl (C=O) groups is 4. The first-order valence-electron chi connectivity index (χ1n) is 17.0. The van der Waals surface area contributed by atoms with E-state index in [1.54, 1.807) is 36.1 Å². The van der Waals surface area contributed by atoms with Crippen LogP contribution in [0.1, 0.15) is 62.7 Å². The fourth-order valence-electron chi connectivity index (χ4n) is 7.81. The number of unbranched alkanes of at least 4 members (excludes halogenated alkanes) is 1. The predicted molar refractivity (Wildman–Crippen MR) is 187 cm³/mol. The Kier molecular flexibility index (Phi) is 11.6. The number of allylic oxidation sites excluding steroid dienone is 1. The summed E-state index contributed by atoms with van der Waals surface area (Å²) in [5.74, 6) is -3.44. The number of aliphatic hydroxyl groups excluding tert-OH is 1. The Morgan fingerprint density at radius 3 is 2.59 bits per heavy atom. The van der Waals surface area contributed by atoms with E-state index in [-0.39, 0.29) is 43.8 Å². The molecule has 2 bridgehead atoms. The normalized spacial score (nSPS) is 25.0. The Labute approximate surface area is 293 Å². The molecule has 3 aliphatic heterocycles. The highest BCUT2D eigenvalue weighted by molar-refractivity contribution is 6.34. The first-order chi connectivity index (χ1) is 23.6. The van der Waals surface area contributed by atoms with Crippen molar-refractivity contribution in [2.45, 2.75) is 82.3 Å². The number of anilines is 1. The van der Waals surface area contributed by atoms with Crippen LogP contribution in [-0.4, -0.2) is 77.2 Å². The number of benzene rings is 2. The zero-order chi connectivity index (χ0) is 35.3. The lowest BCUT2D eigenvalue weighted by Crippen LogP contribution is -2.56. The van der Waals surface area contributed by atoms with Gasteiger partial charge in [0.15, 0.2) is 0 Å². The molecule has 10 nitrogen and oxygen atoms in total. The molecule has 3 saturated heterocycles. The lowest BCUT2D eigenvalue weighted by molar-refractivity contribution is -0.162. The van der Waals surface area contributed by atoms with Crippen molar-refractivity contribution in [3.63, 3.8) is 0 Å². The van der Waals surface area contributed by atoms with E-state index >= 15 is 0 Å². The molecule has 262 valence electrons. The quantitative estimate of drug-likeness (QED) is 0.143. The summed E-state index contributed by atoms with van der Waals surface area (Å²) in [6, 6.07) is 12.9. The number of para-hydroxylation sites is 1. The first-order valence-corrected chi connectivity index (χ1v) is 17.4. The number of hydrogen-bond donors (Lipinski definition) is 2. The maximum absolute atomic E-state index is 14.8. The molecular weight excluding hydrogens is 646 g/mol. The number of carbonyl (C=O) groups excluding carboxylic acids is 4. The number of aliphatic hydroxyl groups is 1. The Morgan fingerprint density at radius 2 is 1.92 bits per heavy atom. The summed E-state index contributed by atoms with van der Waals surface area (Å²) in [5.41, 5.74) is 0.736. The average Bonchev–Trinajstić information content (AvgIpc) is 3.73. The highest BCUT2D eigenvalue weighted by atomic mass is 35.5. The van der Waals surface area contributed by atoms with Gasteiger partial charge in [-0.3, -0.25) is 19.2 Å². The van der Waals surface area contributed by atoms with Gasteiger partial charge in [0.1, 0.15) is 17.7 Å². The molecule has 0 unspecified atom stereocenters. The van der Waals surface area contributed by atoms with Crippen LogP contribution in [0, 0.1) is 18.8 Å². The molecule has 7 atom stereocenters. The molecule has 2 aromatic rings. The Morgan fingerprint density at radius 1 is 1.16 bits per heavy atom. The molecule has 0 aromatic heterocycles. The minimum absolute atomic E-state index is 0.0622. The van der Waals surface area contributed by atoms with Crippen LogP contribution < -0.4 is 10.2 Å². The second-order valence-electron chi connectivity index (χ2n) is 13.1. The van der Waals surface area contributed by atoms with Crippen LogP contribution >= 0.6 is 11.6 Å². The molecule has 3 aliphatic rings. The zero-order valence-electron chi connectivity index (χ0n) is 28.2. The van der Waals surface area contributed by atoms with Gasteiger partial charge in [-0.15, -0.1) is 13.2 Å². The molecule has 3 fully saturated rings. The minimum Gasteiger partial charge on any atom is -0.455 e. The molecule has 0 aliphatic carbocycles. The number of nitrogens with one attached hydrogen (secondary N) is 1. The van der Waals surface area contributed by atoms with Gasteiger partial charge in [0.25, 0.3) is 5.91 Å². The van der Waals surface area contributed by atoms with Crippen molar-refractivity contribution in [3.8, 4) is 0 Å². The van der Waals surface area contributed by atoms with Gasteiger partial charge in [-0.25, -0.2) is 0 Å². The molecule has 3 heterocycles. The van der Waals surface area contributed by atoms with Crippen molar-refractivity contribution in [2.24, 2.45) is 11.8 Å². The zero-order valence-corrected chi connectivity index (χ0v) is 28.9. The topological polar surface area (TPSA) is 125 Å². The van der Waals surface area contributed by atoms with E-state index in [0.29, 0.717) is 48.4 Å². The lowest BCUT2D eigenvalue weighted by atomic mass is 9.70. The summed E-state index contributed by atoms with van der Waals surface area (Å²) in [7, 11) is 0. The van der Waals surface area contributed by atoms with Gasteiger partial charge in [-0.1, -0.05) is 66.2 Å². The molecule has 2 aromatic carbocycles. The number of hydrogen-bond acceptors (Lipinski definition) is 7. The van der Waals surface area contributed by atoms with E-state index in [1.165, 1.54) is 4.90 Å². The summed E-state index contributed by atoms with van der Waals surface area (Å²) in [6.45, 7) is 11.5. The van der Waals surface area contributed by atoms with Gasteiger partial charge in [-0.05, 0) is 63.1 Å². The van der Waals surface area contributed by atoms with Crippen molar-refractivity contribution in [3.05, 3.63) is 90.0 Å². The second-order valence-corrected chi connectivity index (χ2v) is 13.5. The number of esters is 1. The van der Waals surface area contributed by atoms with Gasteiger partial charge in [-0.2, -0.15) is 0 Å². The SMILES string of the molecule is C=CCCC(=O)N[C@@H](C)[C@H](OC(=O)[C@@H]1[C@@H]2CC[C@]3(O2)[C@H](C(=O)N(CC=C)c2c(C)cccc2Cl)N(CCCCO)C(=O)[C@@H]13)c1ccccc1. The summed E-state index contributed by atoms with van der Waals surface area (Å²) in [4.78, 5) is 59.3. The number of ether oxygens (including phenoxy) is 2. The first kappa shape index (κ1) is 36.3. The van der Waals surface area contributed by atoms with Gasteiger partial charge in [0, 0.05) is 26.1 Å². The van der Waals surface area contributed by atoms with E-state index in [1.807, 2.05) is 43.3 Å². The Balaban J connectivity index is 1.49. The smallest absolute Gasteiger partial charge is 0.313 e. The number of amides is 3. The number of likely N-dealkylation sites (tertiary alicyclic amines) is 1. The van der Waals surface area contributed by atoms with Gasteiger partial charge < -0.3 is 29.7 Å². The van der Waals surface area contributed by atoms with Crippen molar-refractivity contribution < 1.29 is 33.8 Å². The fraction of sp³-hybridized carbons (Fsp3) is 0.474. The molecule has 49 heavy (non-hydrogen) atoms. The third-order valence-corrected chi connectivity index (χ3v) is 10.2. The average molecular weight is 692 g/mol. The maximum Gasteiger partial charge on any atom is 0.313 e. The minimum atomic E-state index is -1.26. The molecule has 3 amide bonds. The standard InChI is InChI=1S/C38H46ClN3O7/c1-5-7-18-29(44)40-25(4)33(26-15-9-8-10-16-26)48-37(47)30-28-19-20-38(49-28)31(30)35(45)42(22-11-12-23-43)34(38)36(46)41(21-6-2)32-24(3)14-13-17-27(32)39/h5-6,8-10,13-17,25,28,30-31,33-34,43H,1-2,7,11-12,18-23H2,3-4H3,(H,40,44)/t25-,28-,30+,31+,33-,34-,38+/m0/s1. The molecule has 0 saturated carbocycles. The lowest BCUT2D eigenvalue weighted by Gasteiger charge is -2.37. The van der Waals surface area contributed by atoms with Crippen molar-refractivity contribution in [1.82, 2.24) is 10.2 Å². The summed E-state index contributed by atoms with van der Waals surface area (Å²) in [5, 5.41) is 12.9. The molecule has 2 N–H and O–H groups in total. The Bertz CT molecular complexity index is 1550. The summed E-state index contributed by atoms with van der Waals surface area (Å²) in [6.07, 6.45) is 4.34. The number of halogens is 1. The number of rotatable bonds is 16. The molecule has 1 spiro atoms. The number of nitrogens with zero attached hydrogens (tertiary/aromatic N) is 2. The van der Waals surface area contributed by atoms with Crippen molar-refractivity contribution in [2.75, 3.05) is 24.6 Å². The van der Waals surface area contributed by atoms with Crippen molar-refractivity contribution >= 4 is 41.0 Å². The van der Waals surface area contributed by atoms with E-state index in [9.17, 15) is 24.3 Å². The van der Waals surface area contributed by atoms with Gasteiger partial charge in [0.05, 0.1) is 34.7 Å². The number of aryl methyl sites for hydroxylation is 1. The fourth-order valence-corrected chi connectivity index (χ4v) is 8.13. The van der Waals surface area contributed by atoms with Gasteiger partial charge in [0.2, 0.25) is 11.8 Å². The third-order valence-electron chi connectivity index (χ3n) is 9.94. The molecular formula is C38H46ClN3O7. The maximum atomic E-state index is 14.8. The largest absolute Gasteiger partial charge is 0.455 e. The predicted octanol–water partition coefficient (Wildman–Crippen LogP) is 5.07.